The third-order valence-electron chi connectivity index (χ3n) is 1.90. The van der Waals surface area contributed by atoms with Gasteiger partial charge >= 0.3 is 12.1 Å². The average Bonchev–Trinajstić information content (AvgIpc) is 2.17. The molecule has 0 aliphatic heterocycles. The van der Waals surface area contributed by atoms with Crippen LogP contribution in [0.4, 0.5) is 13.2 Å². The number of carboxylic acids is 1. The summed E-state index contributed by atoms with van der Waals surface area (Å²) in [6, 6.07) is 0.798. The summed E-state index contributed by atoms with van der Waals surface area (Å²) in [5.74, 6) is -1.22. The third-order valence-corrected chi connectivity index (χ3v) is 1.90. The van der Waals surface area contributed by atoms with Gasteiger partial charge in [-0.3, -0.25) is 9.78 Å². The fourth-order valence-corrected chi connectivity index (χ4v) is 1.03. The number of hydrogen-bond donors (Lipinski definition) is 2. The SMILES string of the molecule is N[C@H](Cc1ccc(C(F)(F)F)cn1)C(=O)O. The Morgan fingerprint density at radius 3 is 2.50 bits per heavy atom. The van der Waals surface area contributed by atoms with Crippen LogP contribution >= 0.6 is 0 Å². The number of nitrogens with two attached hydrogens (primary N) is 1. The second kappa shape index (κ2) is 4.48. The molecule has 1 heterocycles. The van der Waals surface area contributed by atoms with Gasteiger partial charge in [-0.15, -0.1) is 0 Å². The van der Waals surface area contributed by atoms with Gasteiger partial charge in [0.15, 0.2) is 0 Å². The van der Waals surface area contributed by atoms with Crippen molar-refractivity contribution in [3.63, 3.8) is 0 Å². The molecule has 4 nitrogen and oxygen atoms in total. The monoisotopic (exact) mass is 234 g/mol. The van der Waals surface area contributed by atoms with E-state index in [4.69, 9.17) is 10.8 Å². The van der Waals surface area contributed by atoms with Gasteiger partial charge in [0.05, 0.1) is 5.56 Å². The fourth-order valence-electron chi connectivity index (χ4n) is 1.03. The number of aromatic nitrogens is 1. The first-order chi connectivity index (χ1) is 7.30. The van der Waals surface area contributed by atoms with Gasteiger partial charge in [-0.05, 0) is 12.1 Å². The molecule has 0 aliphatic rings. The molecule has 3 N–H and O–H groups in total. The van der Waals surface area contributed by atoms with Gasteiger partial charge in [0.2, 0.25) is 0 Å². The van der Waals surface area contributed by atoms with Crippen molar-refractivity contribution in [1.29, 1.82) is 0 Å². The van der Waals surface area contributed by atoms with Crippen LogP contribution in [0.2, 0.25) is 0 Å². The summed E-state index contributed by atoms with van der Waals surface area (Å²) in [7, 11) is 0. The van der Waals surface area contributed by atoms with Crippen LogP contribution in [0.15, 0.2) is 18.3 Å². The van der Waals surface area contributed by atoms with Crippen molar-refractivity contribution in [1.82, 2.24) is 4.98 Å². The average molecular weight is 234 g/mol. The van der Waals surface area contributed by atoms with Crippen molar-refractivity contribution < 1.29 is 23.1 Å². The molecule has 7 heteroatoms. The topological polar surface area (TPSA) is 76.2 Å². The minimum absolute atomic E-state index is 0.104. The minimum Gasteiger partial charge on any atom is -0.480 e. The maximum absolute atomic E-state index is 12.2. The normalized spacial score (nSPS) is 13.5. The summed E-state index contributed by atoms with van der Waals surface area (Å²) in [5.41, 5.74) is 4.55. The zero-order chi connectivity index (χ0) is 12.3. The van der Waals surface area contributed by atoms with Gasteiger partial charge in [-0.2, -0.15) is 13.2 Å². The molecular formula is C9H9F3N2O2. The lowest BCUT2D eigenvalue weighted by Crippen LogP contribution is -2.32. The first kappa shape index (κ1) is 12.4. The second-order valence-corrected chi connectivity index (χ2v) is 3.18. The Kier molecular flexibility index (Phi) is 3.48. The summed E-state index contributed by atoms with van der Waals surface area (Å²) in [5, 5.41) is 8.49. The standard InChI is InChI=1S/C9H9F3N2O2/c10-9(11,12)5-1-2-6(14-4-5)3-7(13)8(15)16/h1-2,4,7H,3,13H2,(H,15,16)/t7-/m1/s1. The minimum atomic E-state index is -4.44. The van der Waals surface area contributed by atoms with Crippen molar-refractivity contribution in [3.8, 4) is 0 Å². The van der Waals surface area contributed by atoms with E-state index >= 15 is 0 Å². The first-order valence-corrected chi connectivity index (χ1v) is 4.31. The number of pyridine rings is 1. The van der Waals surface area contributed by atoms with Crippen molar-refractivity contribution in [2.75, 3.05) is 0 Å². The van der Waals surface area contributed by atoms with Gasteiger partial charge < -0.3 is 10.8 Å². The first-order valence-electron chi connectivity index (χ1n) is 4.31. The van der Waals surface area contributed by atoms with E-state index in [0.29, 0.717) is 6.20 Å². The van der Waals surface area contributed by atoms with E-state index in [1.807, 2.05) is 0 Å². The molecule has 0 bridgehead atoms. The van der Waals surface area contributed by atoms with Crippen LogP contribution in [0.25, 0.3) is 0 Å². The Morgan fingerprint density at radius 1 is 1.50 bits per heavy atom. The molecule has 0 spiro atoms. The molecule has 0 amide bonds. The number of hydrogen-bond acceptors (Lipinski definition) is 3. The molecule has 0 saturated carbocycles. The maximum Gasteiger partial charge on any atom is 0.417 e. The van der Waals surface area contributed by atoms with Gasteiger partial charge in [-0.25, -0.2) is 0 Å². The van der Waals surface area contributed by atoms with Crippen LogP contribution < -0.4 is 5.73 Å². The zero-order valence-electron chi connectivity index (χ0n) is 8.03. The van der Waals surface area contributed by atoms with E-state index in [1.165, 1.54) is 0 Å². The molecule has 16 heavy (non-hydrogen) atoms. The van der Waals surface area contributed by atoms with Crippen LogP contribution in [0, 0.1) is 0 Å². The molecule has 1 atom stereocenters. The zero-order valence-corrected chi connectivity index (χ0v) is 8.03. The number of carboxylic acid groups (broad SMARTS) is 1. The Balaban J connectivity index is 2.76. The number of carbonyl (C=O) groups is 1. The van der Waals surface area contributed by atoms with Crippen LogP contribution in [-0.2, 0) is 17.4 Å². The number of nitrogens with zero attached hydrogens (tertiary/aromatic N) is 1. The van der Waals surface area contributed by atoms with Gasteiger partial charge in [0.1, 0.15) is 6.04 Å². The van der Waals surface area contributed by atoms with Gasteiger partial charge in [0, 0.05) is 18.3 Å². The molecule has 1 aromatic rings. The summed E-state index contributed by atoms with van der Waals surface area (Å²) in [4.78, 5) is 13.9. The molecule has 1 rings (SSSR count). The smallest absolute Gasteiger partial charge is 0.417 e. The van der Waals surface area contributed by atoms with E-state index in [-0.39, 0.29) is 12.1 Å². The summed E-state index contributed by atoms with van der Waals surface area (Å²) >= 11 is 0. The van der Waals surface area contributed by atoms with E-state index < -0.39 is 23.8 Å². The van der Waals surface area contributed by atoms with Gasteiger partial charge in [0.25, 0.3) is 0 Å². The van der Waals surface area contributed by atoms with Crippen molar-refractivity contribution in [3.05, 3.63) is 29.6 Å². The second-order valence-electron chi connectivity index (χ2n) is 3.18. The highest BCUT2D eigenvalue weighted by Gasteiger charge is 2.30. The summed E-state index contributed by atoms with van der Waals surface area (Å²) < 4.78 is 36.5. The molecule has 0 aromatic carbocycles. The predicted octanol–water partition coefficient (Wildman–Crippen LogP) is 1.05. The van der Waals surface area contributed by atoms with Crippen molar-refractivity contribution in [2.24, 2.45) is 5.73 Å². The predicted molar refractivity (Wildman–Crippen MR) is 48.6 cm³/mol. The Labute approximate surface area is 88.9 Å². The van der Waals surface area contributed by atoms with Crippen LogP contribution in [0.1, 0.15) is 11.3 Å². The highest BCUT2D eigenvalue weighted by molar-refractivity contribution is 5.73. The quantitative estimate of drug-likeness (QED) is 0.819. The Bertz CT molecular complexity index is 375. The van der Waals surface area contributed by atoms with Crippen LogP contribution in [-0.4, -0.2) is 22.1 Å². The molecule has 0 radical (unpaired) electrons. The van der Waals surface area contributed by atoms with Crippen molar-refractivity contribution >= 4 is 5.97 Å². The van der Waals surface area contributed by atoms with E-state index in [1.54, 1.807) is 0 Å². The van der Waals surface area contributed by atoms with E-state index in [9.17, 15) is 18.0 Å². The lowest BCUT2D eigenvalue weighted by Gasteiger charge is -2.08. The molecule has 0 saturated heterocycles. The fraction of sp³-hybridized carbons (Fsp3) is 0.333. The number of halogens is 3. The van der Waals surface area contributed by atoms with Crippen LogP contribution in [0.5, 0.6) is 0 Å². The van der Waals surface area contributed by atoms with Crippen LogP contribution in [0.3, 0.4) is 0 Å². The highest BCUT2D eigenvalue weighted by atomic mass is 19.4. The molecular weight excluding hydrogens is 225 g/mol. The summed E-state index contributed by atoms with van der Waals surface area (Å²) in [6.45, 7) is 0. The highest BCUT2D eigenvalue weighted by Crippen LogP contribution is 2.28. The Hall–Kier alpha value is -1.63. The molecule has 0 unspecified atom stereocenters. The molecule has 1 aromatic heterocycles. The number of alkyl halides is 3. The summed E-state index contributed by atoms with van der Waals surface area (Å²) in [6.07, 6.45) is -3.89. The number of aliphatic carboxylic acids is 1. The number of rotatable bonds is 3. The van der Waals surface area contributed by atoms with E-state index in [2.05, 4.69) is 4.98 Å². The Morgan fingerprint density at radius 2 is 2.12 bits per heavy atom. The van der Waals surface area contributed by atoms with Gasteiger partial charge in [-0.1, -0.05) is 0 Å². The van der Waals surface area contributed by atoms with E-state index in [0.717, 1.165) is 12.1 Å². The lowest BCUT2D eigenvalue weighted by molar-refractivity contribution is -0.139. The van der Waals surface area contributed by atoms with Crippen molar-refractivity contribution in [2.45, 2.75) is 18.6 Å². The molecule has 88 valence electrons. The largest absolute Gasteiger partial charge is 0.480 e. The third kappa shape index (κ3) is 3.20. The molecule has 0 fully saturated rings. The lowest BCUT2D eigenvalue weighted by atomic mass is 10.1. The molecule has 0 aliphatic carbocycles. The maximum atomic E-state index is 12.2.